The number of nitrogens with one attached hydrogen (secondary N) is 2. The van der Waals surface area contributed by atoms with E-state index in [2.05, 4.69) is 20.0 Å². The third-order valence-corrected chi connectivity index (χ3v) is 5.58. The van der Waals surface area contributed by atoms with Gasteiger partial charge in [0.05, 0.1) is 16.8 Å². The molecule has 0 spiro atoms. The van der Waals surface area contributed by atoms with Crippen molar-refractivity contribution in [3.8, 4) is 0 Å². The van der Waals surface area contributed by atoms with E-state index in [-0.39, 0.29) is 17.3 Å². The minimum absolute atomic E-state index is 0.235. The molecule has 7 nitrogen and oxygen atoms in total. The average Bonchev–Trinajstić information content (AvgIpc) is 2.86. The summed E-state index contributed by atoms with van der Waals surface area (Å²) in [5.41, 5.74) is 1.59. The fourth-order valence-electron chi connectivity index (χ4n) is 2.76. The Hall–Kier alpha value is -2.59. The maximum Gasteiger partial charge on any atom is 0.266 e. The summed E-state index contributed by atoms with van der Waals surface area (Å²) in [5, 5.41) is 3.51. The molecule has 0 aliphatic rings. The van der Waals surface area contributed by atoms with Crippen LogP contribution in [0.1, 0.15) is 26.8 Å². The monoisotopic (exact) mass is 408 g/mol. The van der Waals surface area contributed by atoms with Gasteiger partial charge in [-0.1, -0.05) is 0 Å². The number of sulfonamides is 1. The van der Waals surface area contributed by atoms with Crippen molar-refractivity contribution in [2.45, 2.75) is 20.8 Å². The first-order chi connectivity index (χ1) is 12.5. The minimum Gasteiger partial charge on any atom is -0.321 e. The molecule has 0 radical (unpaired) electrons. The SMILES string of the molecule is Cc1nc(C)c2c(C)c(C(=O)Nc3ccc(F)c(NS(C)(=O)=O)c3)sc2n1. The Labute approximate surface area is 159 Å². The number of carbonyl (C=O) groups is 1. The van der Waals surface area contributed by atoms with E-state index in [0.717, 1.165) is 33.8 Å². The summed E-state index contributed by atoms with van der Waals surface area (Å²) in [6, 6.07) is 3.67. The Morgan fingerprint density at radius 2 is 1.89 bits per heavy atom. The summed E-state index contributed by atoms with van der Waals surface area (Å²) in [4.78, 5) is 22.6. The summed E-state index contributed by atoms with van der Waals surface area (Å²) < 4.78 is 38.5. The Balaban J connectivity index is 1.94. The highest BCUT2D eigenvalue weighted by atomic mass is 32.2. The van der Waals surface area contributed by atoms with Crippen LogP contribution in [0.4, 0.5) is 15.8 Å². The molecule has 0 aliphatic heterocycles. The largest absolute Gasteiger partial charge is 0.321 e. The van der Waals surface area contributed by atoms with Crippen molar-refractivity contribution < 1.29 is 17.6 Å². The molecule has 10 heteroatoms. The molecule has 2 aromatic heterocycles. The van der Waals surface area contributed by atoms with Crippen molar-refractivity contribution in [3.05, 3.63) is 46.0 Å². The van der Waals surface area contributed by atoms with Crippen molar-refractivity contribution in [2.75, 3.05) is 16.3 Å². The number of anilines is 2. The average molecular weight is 408 g/mol. The van der Waals surface area contributed by atoms with E-state index in [0.29, 0.717) is 10.7 Å². The molecule has 1 aromatic carbocycles. The quantitative estimate of drug-likeness (QED) is 0.689. The molecule has 0 fully saturated rings. The smallest absolute Gasteiger partial charge is 0.266 e. The van der Waals surface area contributed by atoms with Gasteiger partial charge in [-0.2, -0.15) is 0 Å². The fraction of sp³-hybridized carbons (Fsp3) is 0.235. The predicted octanol–water partition coefficient (Wildman–Crippen LogP) is 3.38. The summed E-state index contributed by atoms with van der Waals surface area (Å²) in [5.74, 6) is -0.495. The van der Waals surface area contributed by atoms with Gasteiger partial charge >= 0.3 is 0 Å². The van der Waals surface area contributed by atoms with Crippen LogP contribution in [0.25, 0.3) is 10.2 Å². The van der Waals surface area contributed by atoms with Gasteiger partial charge < -0.3 is 5.32 Å². The zero-order valence-electron chi connectivity index (χ0n) is 15.0. The number of nitrogens with zero attached hydrogens (tertiary/aromatic N) is 2. The third kappa shape index (κ3) is 4.06. The van der Waals surface area contributed by atoms with E-state index in [1.54, 1.807) is 6.92 Å². The van der Waals surface area contributed by atoms with Gasteiger partial charge in [-0.05, 0) is 44.5 Å². The van der Waals surface area contributed by atoms with E-state index in [4.69, 9.17) is 0 Å². The number of hydrogen-bond acceptors (Lipinski definition) is 6. The van der Waals surface area contributed by atoms with Gasteiger partial charge in [-0.15, -0.1) is 11.3 Å². The van der Waals surface area contributed by atoms with Gasteiger partial charge in [0, 0.05) is 16.8 Å². The Morgan fingerprint density at radius 3 is 2.56 bits per heavy atom. The number of carbonyl (C=O) groups excluding carboxylic acids is 1. The molecule has 142 valence electrons. The van der Waals surface area contributed by atoms with Crippen LogP contribution in [0.3, 0.4) is 0 Å². The molecule has 0 bridgehead atoms. The predicted molar refractivity (Wildman–Crippen MR) is 104 cm³/mol. The first kappa shape index (κ1) is 19.2. The molecule has 2 heterocycles. The number of aryl methyl sites for hydroxylation is 3. The lowest BCUT2D eigenvalue weighted by Crippen LogP contribution is -2.14. The summed E-state index contributed by atoms with van der Waals surface area (Å²) in [7, 11) is -3.65. The first-order valence-electron chi connectivity index (χ1n) is 7.88. The van der Waals surface area contributed by atoms with Gasteiger partial charge in [-0.25, -0.2) is 22.8 Å². The normalized spacial score (nSPS) is 11.6. The molecule has 27 heavy (non-hydrogen) atoms. The van der Waals surface area contributed by atoms with E-state index in [1.807, 2.05) is 13.8 Å². The topological polar surface area (TPSA) is 101 Å². The summed E-state index contributed by atoms with van der Waals surface area (Å²) in [6.07, 6.45) is 0.920. The van der Waals surface area contributed by atoms with Crippen molar-refractivity contribution in [1.82, 2.24) is 9.97 Å². The lowest BCUT2D eigenvalue weighted by atomic mass is 10.1. The van der Waals surface area contributed by atoms with Gasteiger partial charge in [0.2, 0.25) is 10.0 Å². The van der Waals surface area contributed by atoms with Crippen LogP contribution in [0.2, 0.25) is 0 Å². The molecule has 3 aromatic rings. The van der Waals surface area contributed by atoms with E-state index in [9.17, 15) is 17.6 Å². The molecule has 0 saturated heterocycles. The van der Waals surface area contributed by atoms with E-state index in [1.165, 1.54) is 23.5 Å². The van der Waals surface area contributed by atoms with Gasteiger partial charge in [0.25, 0.3) is 5.91 Å². The Bertz CT molecular complexity index is 1170. The van der Waals surface area contributed by atoms with Crippen LogP contribution in [0.15, 0.2) is 18.2 Å². The van der Waals surface area contributed by atoms with E-state index < -0.39 is 15.8 Å². The van der Waals surface area contributed by atoms with Crippen molar-refractivity contribution in [2.24, 2.45) is 0 Å². The zero-order valence-corrected chi connectivity index (χ0v) is 16.7. The second-order valence-corrected chi connectivity index (χ2v) is 8.86. The molecular formula is C17H17FN4O3S2. The maximum atomic E-state index is 13.8. The number of hydrogen-bond donors (Lipinski definition) is 2. The van der Waals surface area contributed by atoms with Crippen molar-refractivity contribution >= 4 is 48.9 Å². The summed E-state index contributed by atoms with van der Waals surface area (Å²) in [6.45, 7) is 5.47. The van der Waals surface area contributed by atoms with Crippen LogP contribution in [-0.4, -0.2) is 30.5 Å². The third-order valence-electron chi connectivity index (χ3n) is 3.81. The number of benzene rings is 1. The molecule has 3 rings (SSSR count). The van der Waals surface area contributed by atoms with Gasteiger partial charge in [-0.3, -0.25) is 9.52 Å². The van der Waals surface area contributed by atoms with Crippen LogP contribution < -0.4 is 10.0 Å². The molecule has 0 atom stereocenters. The molecule has 0 unspecified atom stereocenters. The number of fused-ring (bicyclic) bond motifs is 1. The number of amides is 1. The highest BCUT2D eigenvalue weighted by molar-refractivity contribution is 7.92. The Kier molecular flexibility index (Phi) is 4.87. The van der Waals surface area contributed by atoms with Crippen LogP contribution in [-0.2, 0) is 10.0 Å². The summed E-state index contributed by atoms with van der Waals surface area (Å²) >= 11 is 1.25. The highest BCUT2D eigenvalue weighted by Gasteiger charge is 2.19. The van der Waals surface area contributed by atoms with Crippen LogP contribution >= 0.6 is 11.3 Å². The first-order valence-corrected chi connectivity index (χ1v) is 10.6. The molecule has 0 aliphatic carbocycles. The number of thiophene rings is 1. The Morgan fingerprint density at radius 1 is 1.19 bits per heavy atom. The molecule has 1 amide bonds. The molecule has 0 saturated carbocycles. The van der Waals surface area contributed by atoms with Crippen molar-refractivity contribution in [3.63, 3.8) is 0 Å². The van der Waals surface area contributed by atoms with Crippen molar-refractivity contribution in [1.29, 1.82) is 0 Å². The lowest BCUT2D eigenvalue weighted by Gasteiger charge is -2.09. The van der Waals surface area contributed by atoms with Gasteiger partial charge in [0.15, 0.2) is 0 Å². The maximum absolute atomic E-state index is 13.8. The van der Waals surface area contributed by atoms with Crippen LogP contribution in [0, 0.1) is 26.6 Å². The number of aromatic nitrogens is 2. The number of rotatable bonds is 4. The van der Waals surface area contributed by atoms with Crippen LogP contribution in [0.5, 0.6) is 0 Å². The highest BCUT2D eigenvalue weighted by Crippen LogP contribution is 2.32. The van der Waals surface area contributed by atoms with E-state index >= 15 is 0 Å². The second-order valence-electron chi connectivity index (χ2n) is 6.12. The standard InChI is InChI=1S/C17H17FN4O3S2/c1-8-14-9(2)19-10(3)20-17(14)26-15(8)16(23)21-11-5-6-12(18)13(7-11)22-27(4,24)25/h5-7,22H,1-4H3,(H,21,23). The fourth-order valence-corrected chi connectivity index (χ4v) is 4.49. The van der Waals surface area contributed by atoms with Gasteiger partial charge in [0.1, 0.15) is 16.5 Å². The second kappa shape index (κ2) is 6.86. The molecule has 2 N–H and O–H groups in total. The number of halogens is 1. The minimum atomic E-state index is -3.65. The molecular weight excluding hydrogens is 391 g/mol. The lowest BCUT2D eigenvalue weighted by molar-refractivity contribution is 0.103. The zero-order chi connectivity index (χ0) is 19.9.